The number of primary amides is 1. The number of anilines is 1. The molecule has 3 aromatic rings. The van der Waals surface area contributed by atoms with E-state index in [2.05, 4.69) is 11.4 Å². The van der Waals surface area contributed by atoms with Crippen molar-refractivity contribution in [2.75, 3.05) is 31.1 Å². The molecule has 1 aliphatic rings. The number of hydrogen-bond acceptors (Lipinski definition) is 4. The van der Waals surface area contributed by atoms with Crippen LogP contribution in [0.15, 0.2) is 60.8 Å². The highest BCUT2D eigenvalue weighted by Gasteiger charge is 2.26. The number of likely N-dealkylation sites (tertiary alicyclic amines) is 1. The number of nitrogens with one attached hydrogen (secondary N) is 1. The summed E-state index contributed by atoms with van der Waals surface area (Å²) in [6.07, 6.45) is 3.46. The maximum atomic E-state index is 13.3. The van der Waals surface area contributed by atoms with Crippen LogP contribution in [0.5, 0.6) is 0 Å². The lowest BCUT2D eigenvalue weighted by atomic mass is 9.89. The van der Waals surface area contributed by atoms with Gasteiger partial charge in [0.25, 0.3) is 11.8 Å². The first kappa shape index (κ1) is 26.5. The van der Waals surface area contributed by atoms with Crippen molar-refractivity contribution in [3.63, 3.8) is 0 Å². The number of nitrogens with two attached hydrogens (primary N) is 1. The molecule has 2 aromatic carbocycles. The minimum absolute atomic E-state index is 0.0917. The Morgan fingerprint density at radius 3 is 2.42 bits per heavy atom. The van der Waals surface area contributed by atoms with Crippen LogP contribution in [0.3, 0.4) is 0 Å². The van der Waals surface area contributed by atoms with Crippen molar-refractivity contribution in [2.45, 2.75) is 25.7 Å². The van der Waals surface area contributed by atoms with Crippen molar-refractivity contribution < 1.29 is 14.4 Å². The number of rotatable bonds is 7. The van der Waals surface area contributed by atoms with Gasteiger partial charge in [-0.15, -0.1) is 0 Å². The average molecular weight is 513 g/mol. The van der Waals surface area contributed by atoms with Gasteiger partial charge in [-0.1, -0.05) is 18.2 Å². The Morgan fingerprint density at radius 1 is 1.11 bits per heavy atom. The largest absolute Gasteiger partial charge is 0.351 e. The number of aromatic nitrogens is 1. The summed E-state index contributed by atoms with van der Waals surface area (Å²) in [6.45, 7) is 3.47. The molecule has 0 aliphatic carbocycles. The minimum atomic E-state index is -0.658. The van der Waals surface area contributed by atoms with Crippen molar-refractivity contribution in [3.05, 3.63) is 88.7 Å². The fraction of sp³-hybridized carbons (Fsp3) is 0.310. The Morgan fingerprint density at radius 2 is 1.82 bits per heavy atom. The molecule has 9 heteroatoms. The molecule has 2 heterocycles. The molecule has 0 bridgehead atoms. The van der Waals surface area contributed by atoms with E-state index >= 15 is 0 Å². The molecular weight excluding hydrogens is 480 g/mol. The number of amides is 4. The summed E-state index contributed by atoms with van der Waals surface area (Å²) < 4.78 is 1.72. The lowest BCUT2D eigenvalue weighted by Crippen LogP contribution is -2.42. The van der Waals surface area contributed by atoms with Crippen molar-refractivity contribution in [1.29, 1.82) is 5.26 Å². The molecule has 4 amide bonds. The summed E-state index contributed by atoms with van der Waals surface area (Å²) in [4.78, 5) is 41.3. The predicted octanol–water partition coefficient (Wildman–Crippen LogP) is 3.54. The highest BCUT2D eigenvalue weighted by atomic mass is 16.2. The van der Waals surface area contributed by atoms with Gasteiger partial charge < -0.3 is 20.5 Å². The number of piperidine rings is 1. The lowest BCUT2D eigenvalue weighted by molar-refractivity contribution is 0.0712. The molecule has 0 radical (unpaired) electrons. The number of urea groups is 1. The van der Waals surface area contributed by atoms with E-state index in [1.807, 2.05) is 42.2 Å². The summed E-state index contributed by atoms with van der Waals surface area (Å²) in [5.74, 6) is 0.00874. The first-order valence-corrected chi connectivity index (χ1v) is 12.6. The van der Waals surface area contributed by atoms with E-state index in [1.54, 1.807) is 42.1 Å². The second-order valence-corrected chi connectivity index (χ2v) is 9.55. The van der Waals surface area contributed by atoms with Crippen LogP contribution in [-0.4, -0.2) is 53.5 Å². The normalized spacial score (nSPS) is 13.6. The summed E-state index contributed by atoms with van der Waals surface area (Å²) in [5.41, 5.74) is 9.86. The van der Waals surface area contributed by atoms with Gasteiger partial charge in [0, 0.05) is 50.7 Å². The van der Waals surface area contributed by atoms with Crippen LogP contribution in [0.4, 0.5) is 10.5 Å². The first-order chi connectivity index (χ1) is 18.3. The smallest absolute Gasteiger partial charge is 0.319 e. The van der Waals surface area contributed by atoms with E-state index in [0.717, 1.165) is 18.4 Å². The van der Waals surface area contributed by atoms with Crippen LogP contribution >= 0.6 is 0 Å². The van der Waals surface area contributed by atoms with Crippen LogP contribution in [0.25, 0.3) is 0 Å². The molecule has 9 nitrogen and oxygen atoms in total. The highest BCUT2D eigenvalue weighted by molar-refractivity contribution is 5.98. The molecule has 3 N–H and O–H groups in total. The van der Waals surface area contributed by atoms with Gasteiger partial charge in [-0.05, 0) is 73.2 Å². The van der Waals surface area contributed by atoms with E-state index in [-0.39, 0.29) is 24.9 Å². The van der Waals surface area contributed by atoms with E-state index in [0.29, 0.717) is 41.5 Å². The van der Waals surface area contributed by atoms with E-state index in [9.17, 15) is 14.4 Å². The monoisotopic (exact) mass is 512 g/mol. The SMILES string of the molecule is Cc1ccc(C(=O)N2CCC(c3ccc(C#N)cc3)CC2)cc1N(CCNC(=O)c1cccn1C)C(N)=O. The Balaban J connectivity index is 1.40. The zero-order chi connectivity index (χ0) is 27.2. The van der Waals surface area contributed by atoms with Crippen LogP contribution < -0.4 is 16.0 Å². The number of nitriles is 1. The van der Waals surface area contributed by atoms with E-state index in [1.165, 1.54) is 10.5 Å². The maximum absolute atomic E-state index is 13.3. The summed E-state index contributed by atoms with van der Waals surface area (Å²) in [6, 6.07) is 17.9. The van der Waals surface area contributed by atoms with Crippen LogP contribution in [0.1, 0.15) is 56.3 Å². The van der Waals surface area contributed by atoms with Gasteiger partial charge in [-0.25, -0.2) is 4.79 Å². The molecule has 0 unspecified atom stereocenters. The number of carbonyl (C=O) groups excluding carboxylic acids is 3. The fourth-order valence-corrected chi connectivity index (χ4v) is 4.88. The molecule has 38 heavy (non-hydrogen) atoms. The number of carbonyl (C=O) groups is 3. The van der Waals surface area contributed by atoms with Gasteiger partial charge >= 0.3 is 6.03 Å². The number of nitrogens with zero attached hydrogens (tertiary/aromatic N) is 4. The second-order valence-electron chi connectivity index (χ2n) is 9.55. The minimum Gasteiger partial charge on any atom is -0.351 e. The molecule has 4 rings (SSSR count). The zero-order valence-electron chi connectivity index (χ0n) is 21.7. The second kappa shape index (κ2) is 11.6. The molecular formula is C29H32N6O3. The Kier molecular flexibility index (Phi) is 8.12. The van der Waals surface area contributed by atoms with Gasteiger partial charge in [-0.2, -0.15) is 5.26 Å². The van der Waals surface area contributed by atoms with Crippen molar-refractivity contribution in [1.82, 2.24) is 14.8 Å². The van der Waals surface area contributed by atoms with Gasteiger partial charge in [0.1, 0.15) is 5.69 Å². The Bertz CT molecular complexity index is 1360. The molecule has 196 valence electrons. The van der Waals surface area contributed by atoms with Gasteiger partial charge in [-0.3, -0.25) is 14.5 Å². The molecule has 1 fully saturated rings. The fourth-order valence-electron chi connectivity index (χ4n) is 4.88. The van der Waals surface area contributed by atoms with Crippen molar-refractivity contribution >= 4 is 23.5 Å². The summed E-state index contributed by atoms with van der Waals surface area (Å²) in [7, 11) is 1.78. The predicted molar refractivity (Wildman–Crippen MR) is 145 cm³/mol. The van der Waals surface area contributed by atoms with Crippen LogP contribution in [-0.2, 0) is 7.05 Å². The third kappa shape index (κ3) is 5.86. The van der Waals surface area contributed by atoms with Gasteiger partial charge in [0.15, 0.2) is 0 Å². The van der Waals surface area contributed by atoms with Crippen molar-refractivity contribution in [3.8, 4) is 6.07 Å². The highest BCUT2D eigenvalue weighted by Crippen LogP contribution is 2.30. The Hall–Kier alpha value is -4.58. The van der Waals surface area contributed by atoms with E-state index < -0.39 is 6.03 Å². The third-order valence-electron chi connectivity index (χ3n) is 7.10. The number of benzene rings is 2. The lowest BCUT2D eigenvalue weighted by Gasteiger charge is -2.32. The van der Waals surface area contributed by atoms with Gasteiger partial charge in [0.05, 0.1) is 11.6 Å². The van der Waals surface area contributed by atoms with Gasteiger partial charge in [0.2, 0.25) is 0 Å². The molecule has 0 atom stereocenters. The molecule has 1 aromatic heterocycles. The standard InChI is InChI=1S/C29H32N6O3/c1-20-5-8-24(28(37)34-15-11-23(12-16-34)22-9-6-21(19-30)7-10-22)18-26(20)35(29(31)38)17-13-32-27(36)25-4-3-14-33(25)2/h3-10,14,18,23H,11-13,15-17H2,1-2H3,(H2,31,38)(H,32,36). The topological polar surface area (TPSA) is 124 Å². The van der Waals surface area contributed by atoms with Crippen molar-refractivity contribution in [2.24, 2.45) is 12.8 Å². The average Bonchev–Trinajstić information content (AvgIpc) is 3.37. The van der Waals surface area contributed by atoms with Crippen LogP contribution in [0, 0.1) is 18.3 Å². The first-order valence-electron chi connectivity index (χ1n) is 12.6. The quantitative estimate of drug-likeness (QED) is 0.502. The molecule has 0 saturated carbocycles. The van der Waals surface area contributed by atoms with E-state index in [4.69, 9.17) is 11.0 Å². The third-order valence-corrected chi connectivity index (χ3v) is 7.10. The molecule has 0 spiro atoms. The Labute approximate surface area is 222 Å². The number of hydrogen-bond donors (Lipinski definition) is 2. The zero-order valence-corrected chi connectivity index (χ0v) is 21.7. The number of aryl methyl sites for hydroxylation is 2. The summed E-state index contributed by atoms with van der Waals surface area (Å²) >= 11 is 0. The maximum Gasteiger partial charge on any atom is 0.319 e. The molecule has 1 aliphatic heterocycles. The van der Waals surface area contributed by atoms with Crippen LogP contribution in [0.2, 0.25) is 0 Å². The summed E-state index contributed by atoms with van der Waals surface area (Å²) in [5, 5.41) is 11.8. The molecule has 1 saturated heterocycles.